The summed E-state index contributed by atoms with van der Waals surface area (Å²) in [6.45, 7) is 4.38. The zero-order chi connectivity index (χ0) is 12.2. The molecule has 5 heteroatoms. The quantitative estimate of drug-likeness (QED) is 0.734. The van der Waals surface area contributed by atoms with E-state index in [0.29, 0.717) is 13.0 Å². The van der Waals surface area contributed by atoms with Crippen molar-refractivity contribution in [3.8, 4) is 0 Å². The van der Waals surface area contributed by atoms with Crippen LogP contribution in [-0.2, 0) is 17.8 Å². The fraction of sp³-hybridized carbons (Fsp3) is 0.636. The molecule has 1 heterocycles. The van der Waals surface area contributed by atoms with Crippen molar-refractivity contribution in [1.82, 2.24) is 9.78 Å². The van der Waals surface area contributed by atoms with Crippen LogP contribution in [0.4, 0.5) is 0 Å². The Morgan fingerprint density at radius 1 is 1.62 bits per heavy atom. The lowest BCUT2D eigenvalue weighted by atomic mass is 9.99. The molecule has 0 radical (unpaired) electrons. The topological polar surface area (TPSA) is 86.9 Å². The summed E-state index contributed by atoms with van der Waals surface area (Å²) in [4.78, 5) is 11.0. The molecule has 4 N–H and O–H groups in total. The average molecular weight is 224 g/mol. The summed E-state index contributed by atoms with van der Waals surface area (Å²) >= 11 is 0. The molecule has 0 aliphatic heterocycles. The number of hydrogen-bond acceptors (Lipinski definition) is 3. The van der Waals surface area contributed by atoms with E-state index in [2.05, 4.69) is 12.0 Å². The summed E-state index contributed by atoms with van der Waals surface area (Å²) in [5.74, 6) is -0.478. The Morgan fingerprint density at radius 2 is 2.31 bits per heavy atom. The van der Waals surface area contributed by atoms with E-state index in [1.54, 1.807) is 11.6 Å². The number of hydrogen-bond donors (Lipinski definition) is 2. The molecule has 1 aromatic heterocycles. The predicted octanol–water partition coefficient (Wildman–Crippen LogP) is 0.428. The molecule has 1 atom stereocenters. The highest BCUT2D eigenvalue weighted by molar-refractivity contribution is 5.83. The molecule has 0 fully saturated rings. The minimum atomic E-state index is -0.961. The van der Waals surface area contributed by atoms with Gasteiger partial charge < -0.3 is 11.5 Å². The number of amides is 1. The lowest BCUT2D eigenvalue weighted by Gasteiger charge is -2.19. The second kappa shape index (κ2) is 5.12. The van der Waals surface area contributed by atoms with Gasteiger partial charge in [-0.15, -0.1) is 0 Å². The third kappa shape index (κ3) is 3.34. The maximum absolute atomic E-state index is 11.0. The van der Waals surface area contributed by atoms with Gasteiger partial charge in [0.15, 0.2) is 0 Å². The van der Waals surface area contributed by atoms with Gasteiger partial charge in [-0.05, 0) is 25.3 Å². The van der Waals surface area contributed by atoms with Crippen molar-refractivity contribution in [2.75, 3.05) is 0 Å². The van der Waals surface area contributed by atoms with Crippen LogP contribution >= 0.6 is 0 Å². The Balaban J connectivity index is 2.51. The molecule has 0 aromatic carbocycles. The van der Waals surface area contributed by atoms with Crippen molar-refractivity contribution in [2.24, 2.45) is 11.5 Å². The number of primary amides is 1. The van der Waals surface area contributed by atoms with Gasteiger partial charge in [0.05, 0.1) is 11.7 Å². The third-order valence-electron chi connectivity index (χ3n) is 2.65. The van der Waals surface area contributed by atoms with Gasteiger partial charge in [0, 0.05) is 12.7 Å². The van der Waals surface area contributed by atoms with Gasteiger partial charge in [-0.3, -0.25) is 9.48 Å². The summed E-state index contributed by atoms with van der Waals surface area (Å²) in [5, 5.41) is 4.21. The molecule has 16 heavy (non-hydrogen) atoms. The van der Waals surface area contributed by atoms with Crippen LogP contribution in [0.1, 0.15) is 32.3 Å². The van der Waals surface area contributed by atoms with Crippen LogP contribution in [0.5, 0.6) is 0 Å². The smallest absolute Gasteiger partial charge is 0.237 e. The second-order valence-electron chi connectivity index (χ2n) is 4.39. The van der Waals surface area contributed by atoms with E-state index >= 15 is 0 Å². The molecule has 90 valence electrons. The van der Waals surface area contributed by atoms with Crippen LogP contribution in [0.25, 0.3) is 0 Å². The molecule has 0 spiro atoms. The van der Waals surface area contributed by atoms with E-state index in [0.717, 1.165) is 12.8 Å². The lowest BCUT2D eigenvalue weighted by molar-refractivity contribution is -0.122. The number of aromatic nitrogens is 2. The van der Waals surface area contributed by atoms with Crippen molar-refractivity contribution >= 4 is 5.91 Å². The lowest BCUT2D eigenvalue weighted by Crippen LogP contribution is -2.49. The Labute approximate surface area is 95.8 Å². The summed E-state index contributed by atoms with van der Waals surface area (Å²) in [6.07, 6.45) is 6.45. The molecule has 0 aliphatic rings. The van der Waals surface area contributed by atoms with Crippen molar-refractivity contribution in [3.05, 3.63) is 18.0 Å². The van der Waals surface area contributed by atoms with Crippen molar-refractivity contribution in [3.63, 3.8) is 0 Å². The molecular formula is C11H20N4O. The number of carbonyl (C=O) groups is 1. The van der Waals surface area contributed by atoms with Gasteiger partial charge in [0.25, 0.3) is 0 Å². The van der Waals surface area contributed by atoms with E-state index in [1.807, 2.05) is 12.4 Å². The van der Waals surface area contributed by atoms with E-state index < -0.39 is 11.4 Å². The Morgan fingerprint density at radius 3 is 2.88 bits per heavy atom. The molecule has 0 saturated carbocycles. The molecule has 0 aliphatic carbocycles. The molecule has 1 aromatic rings. The first-order chi connectivity index (χ1) is 7.45. The molecular weight excluding hydrogens is 204 g/mol. The minimum Gasteiger partial charge on any atom is -0.368 e. The number of carbonyl (C=O) groups excluding carboxylic acids is 1. The number of nitrogens with zero attached hydrogens (tertiary/aromatic N) is 2. The van der Waals surface area contributed by atoms with Gasteiger partial charge in [-0.2, -0.15) is 5.10 Å². The van der Waals surface area contributed by atoms with Crippen molar-refractivity contribution in [1.29, 1.82) is 0 Å². The SMILES string of the molecule is CCCc1cnn(CCC(C)(N)C(N)=O)c1. The van der Waals surface area contributed by atoms with Crippen molar-refractivity contribution < 1.29 is 4.79 Å². The van der Waals surface area contributed by atoms with Crippen LogP contribution in [0.15, 0.2) is 12.4 Å². The van der Waals surface area contributed by atoms with Gasteiger partial charge in [-0.1, -0.05) is 13.3 Å². The van der Waals surface area contributed by atoms with E-state index in [9.17, 15) is 4.79 Å². The zero-order valence-electron chi connectivity index (χ0n) is 9.94. The third-order valence-corrected chi connectivity index (χ3v) is 2.65. The van der Waals surface area contributed by atoms with Crippen LogP contribution in [-0.4, -0.2) is 21.2 Å². The number of nitrogens with two attached hydrogens (primary N) is 2. The summed E-state index contributed by atoms with van der Waals surface area (Å²) < 4.78 is 1.80. The highest BCUT2D eigenvalue weighted by atomic mass is 16.1. The first-order valence-electron chi connectivity index (χ1n) is 5.56. The van der Waals surface area contributed by atoms with Crippen molar-refractivity contribution in [2.45, 2.75) is 45.2 Å². The highest BCUT2D eigenvalue weighted by Crippen LogP contribution is 2.08. The number of aryl methyl sites for hydroxylation is 2. The second-order valence-corrected chi connectivity index (χ2v) is 4.39. The zero-order valence-corrected chi connectivity index (χ0v) is 9.94. The first-order valence-corrected chi connectivity index (χ1v) is 5.56. The molecule has 0 bridgehead atoms. The summed E-state index contributed by atoms with van der Waals surface area (Å²) in [6, 6.07) is 0. The highest BCUT2D eigenvalue weighted by Gasteiger charge is 2.25. The predicted molar refractivity (Wildman–Crippen MR) is 62.6 cm³/mol. The molecule has 5 nitrogen and oxygen atoms in total. The minimum absolute atomic E-state index is 0.478. The number of rotatable bonds is 6. The van der Waals surface area contributed by atoms with Gasteiger partial charge >= 0.3 is 0 Å². The Hall–Kier alpha value is -1.36. The summed E-state index contributed by atoms with van der Waals surface area (Å²) in [7, 11) is 0. The maximum Gasteiger partial charge on any atom is 0.237 e. The van der Waals surface area contributed by atoms with Crippen LogP contribution in [0, 0.1) is 0 Å². The fourth-order valence-corrected chi connectivity index (χ4v) is 1.42. The Kier molecular flexibility index (Phi) is 4.06. The largest absolute Gasteiger partial charge is 0.368 e. The van der Waals surface area contributed by atoms with Gasteiger partial charge in [0.2, 0.25) is 5.91 Å². The molecule has 1 unspecified atom stereocenters. The normalized spacial score (nSPS) is 14.7. The monoisotopic (exact) mass is 224 g/mol. The molecule has 0 saturated heterocycles. The van der Waals surface area contributed by atoms with Crippen LogP contribution < -0.4 is 11.5 Å². The maximum atomic E-state index is 11.0. The van der Waals surface area contributed by atoms with E-state index in [1.165, 1.54) is 5.56 Å². The van der Waals surface area contributed by atoms with E-state index in [-0.39, 0.29) is 0 Å². The van der Waals surface area contributed by atoms with Crippen LogP contribution in [0.2, 0.25) is 0 Å². The first kappa shape index (κ1) is 12.7. The van der Waals surface area contributed by atoms with Crippen LogP contribution in [0.3, 0.4) is 0 Å². The van der Waals surface area contributed by atoms with Gasteiger partial charge in [0.1, 0.15) is 0 Å². The van der Waals surface area contributed by atoms with E-state index in [4.69, 9.17) is 11.5 Å². The average Bonchev–Trinajstić information content (AvgIpc) is 2.63. The fourth-order valence-electron chi connectivity index (χ4n) is 1.42. The van der Waals surface area contributed by atoms with Gasteiger partial charge in [-0.25, -0.2) is 0 Å². The standard InChI is InChI=1S/C11H20N4O/c1-3-4-9-7-14-15(8-9)6-5-11(2,13)10(12)16/h7-8H,3-6,13H2,1-2H3,(H2,12,16). The molecule has 1 rings (SSSR count). The summed E-state index contributed by atoms with van der Waals surface area (Å²) in [5.41, 5.74) is 11.2. The molecule has 1 amide bonds. The Bertz CT molecular complexity index is 357.